The minimum absolute atomic E-state index is 0.0233. The largest absolute Gasteiger partial charge is 0.493 e. The predicted octanol–water partition coefficient (Wildman–Crippen LogP) is 3.04. The van der Waals surface area contributed by atoms with Crippen molar-refractivity contribution in [1.82, 2.24) is 0 Å². The molecule has 9 heteroatoms. The van der Waals surface area contributed by atoms with E-state index < -0.39 is 28.3 Å². The number of ether oxygens (including phenoxy) is 2. The number of para-hydroxylation sites is 2. The van der Waals surface area contributed by atoms with E-state index in [2.05, 4.69) is 5.32 Å². The number of benzene rings is 2. The Morgan fingerprint density at radius 2 is 1.90 bits per heavy atom. The van der Waals surface area contributed by atoms with Gasteiger partial charge in [-0.3, -0.25) is 4.79 Å². The van der Waals surface area contributed by atoms with Crippen molar-refractivity contribution in [2.24, 2.45) is 0 Å². The Morgan fingerprint density at radius 1 is 1.13 bits per heavy atom. The summed E-state index contributed by atoms with van der Waals surface area (Å²) in [7, 11) is -1.99. The molecule has 3 aromatic rings. The van der Waals surface area contributed by atoms with E-state index in [0.29, 0.717) is 17.1 Å². The maximum atomic E-state index is 12.0. The Morgan fingerprint density at radius 3 is 2.63 bits per heavy atom. The molecule has 1 amide bonds. The first-order valence-corrected chi connectivity index (χ1v) is 10.7. The molecule has 1 aromatic heterocycles. The lowest BCUT2D eigenvalue weighted by Gasteiger charge is -2.09. The van der Waals surface area contributed by atoms with E-state index in [1.807, 2.05) is 12.1 Å². The quantitative estimate of drug-likeness (QED) is 0.454. The van der Waals surface area contributed by atoms with Crippen LogP contribution in [0, 0.1) is 0 Å². The summed E-state index contributed by atoms with van der Waals surface area (Å²) < 4.78 is 39.3. The van der Waals surface area contributed by atoms with Crippen molar-refractivity contribution in [2.45, 2.75) is 4.90 Å². The number of carbonyl (C=O) groups is 2. The molecule has 0 aliphatic heterocycles. The van der Waals surface area contributed by atoms with Crippen LogP contribution in [0.5, 0.6) is 5.75 Å². The number of furan rings is 1. The smallest absolute Gasteiger partial charge is 0.331 e. The van der Waals surface area contributed by atoms with Gasteiger partial charge < -0.3 is 19.2 Å². The number of methoxy groups -OCH3 is 1. The zero-order valence-electron chi connectivity index (χ0n) is 16.2. The van der Waals surface area contributed by atoms with Gasteiger partial charge in [-0.2, -0.15) is 0 Å². The van der Waals surface area contributed by atoms with Gasteiger partial charge in [0.05, 0.1) is 17.7 Å². The van der Waals surface area contributed by atoms with Gasteiger partial charge in [-0.25, -0.2) is 13.2 Å². The van der Waals surface area contributed by atoms with Crippen molar-refractivity contribution in [3.8, 4) is 5.75 Å². The number of hydrogen-bond acceptors (Lipinski definition) is 7. The summed E-state index contributed by atoms with van der Waals surface area (Å²) in [5.74, 6) is -0.436. The number of esters is 1. The molecule has 1 N–H and O–H groups in total. The maximum absolute atomic E-state index is 12.0. The molecule has 0 radical (unpaired) electrons. The third kappa shape index (κ3) is 5.06. The van der Waals surface area contributed by atoms with Gasteiger partial charge in [-0.15, -0.1) is 0 Å². The summed E-state index contributed by atoms with van der Waals surface area (Å²) in [6, 6.07) is 13.1. The monoisotopic (exact) mass is 429 g/mol. The minimum Gasteiger partial charge on any atom is -0.493 e. The first-order valence-electron chi connectivity index (χ1n) is 8.78. The molecule has 0 saturated carbocycles. The molecule has 3 rings (SSSR count). The molecule has 0 aliphatic rings. The SMILES string of the molecule is COc1cccc2cc(C=CC(=O)OCC(=O)Nc3ccccc3S(C)(=O)=O)oc12. The van der Waals surface area contributed by atoms with Crippen molar-refractivity contribution >= 4 is 44.4 Å². The molecule has 0 spiro atoms. The third-order valence-electron chi connectivity index (χ3n) is 4.04. The molecule has 30 heavy (non-hydrogen) atoms. The normalized spacial score (nSPS) is 11.5. The molecule has 0 bridgehead atoms. The van der Waals surface area contributed by atoms with Crippen molar-refractivity contribution in [2.75, 3.05) is 25.3 Å². The number of sulfone groups is 1. The first-order chi connectivity index (χ1) is 14.3. The van der Waals surface area contributed by atoms with Crippen molar-refractivity contribution in [3.63, 3.8) is 0 Å². The van der Waals surface area contributed by atoms with Gasteiger partial charge in [0.25, 0.3) is 5.91 Å². The molecule has 0 saturated heterocycles. The average molecular weight is 429 g/mol. The fourth-order valence-corrected chi connectivity index (χ4v) is 3.56. The maximum Gasteiger partial charge on any atom is 0.331 e. The number of rotatable bonds is 7. The van der Waals surface area contributed by atoms with Crippen LogP contribution in [0.15, 0.2) is 63.9 Å². The molecular weight excluding hydrogens is 410 g/mol. The summed E-state index contributed by atoms with van der Waals surface area (Å²) in [6.45, 7) is -0.574. The van der Waals surface area contributed by atoms with Gasteiger partial charge in [-0.1, -0.05) is 24.3 Å². The molecule has 0 aliphatic carbocycles. The Balaban J connectivity index is 1.59. The molecule has 0 unspecified atom stereocenters. The van der Waals surface area contributed by atoms with Gasteiger partial charge in [0, 0.05) is 17.7 Å². The van der Waals surface area contributed by atoms with E-state index >= 15 is 0 Å². The summed E-state index contributed by atoms with van der Waals surface area (Å²) >= 11 is 0. The van der Waals surface area contributed by atoms with E-state index in [1.165, 1.54) is 25.3 Å². The molecule has 1 heterocycles. The zero-order valence-corrected chi connectivity index (χ0v) is 17.1. The molecular formula is C21H19NO7S. The van der Waals surface area contributed by atoms with E-state index in [0.717, 1.165) is 17.7 Å². The van der Waals surface area contributed by atoms with Crippen LogP contribution < -0.4 is 10.1 Å². The fourth-order valence-electron chi connectivity index (χ4n) is 2.71. The second-order valence-electron chi connectivity index (χ2n) is 6.28. The summed E-state index contributed by atoms with van der Waals surface area (Å²) in [6.07, 6.45) is 3.58. The highest BCUT2D eigenvalue weighted by Gasteiger charge is 2.15. The van der Waals surface area contributed by atoms with Crippen LogP contribution in [-0.2, 0) is 24.2 Å². The number of nitrogens with one attached hydrogen (secondary N) is 1. The molecule has 8 nitrogen and oxygen atoms in total. The number of fused-ring (bicyclic) bond motifs is 1. The lowest BCUT2D eigenvalue weighted by Crippen LogP contribution is -2.21. The average Bonchev–Trinajstić information content (AvgIpc) is 3.13. The fraction of sp³-hybridized carbons (Fsp3) is 0.143. The standard InChI is InChI=1S/C21H19NO7S/c1-27-17-8-5-6-14-12-15(29-21(14)17)10-11-20(24)28-13-19(23)22-16-7-3-4-9-18(16)30(2,25)26/h3-12H,13H2,1-2H3,(H,22,23). The van der Waals surface area contributed by atoms with Crippen LogP contribution >= 0.6 is 0 Å². The van der Waals surface area contributed by atoms with Gasteiger partial charge in [0.1, 0.15) is 5.76 Å². The van der Waals surface area contributed by atoms with Crippen LogP contribution in [0.3, 0.4) is 0 Å². The Labute approximate surface area is 173 Å². The van der Waals surface area contributed by atoms with Crippen LogP contribution in [0.25, 0.3) is 17.0 Å². The van der Waals surface area contributed by atoms with E-state index in [1.54, 1.807) is 24.3 Å². The van der Waals surface area contributed by atoms with Crippen LogP contribution in [0.1, 0.15) is 5.76 Å². The Kier molecular flexibility index (Phi) is 6.22. The van der Waals surface area contributed by atoms with E-state index in [9.17, 15) is 18.0 Å². The highest BCUT2D eigenvalue weighted by Crippen LogP contribution is 2.28. The van der Waals surface area contributed by atoms with E-state index in [4.69, 9.17) is 13.9 Å². The van der Waals surface area contributed by atoms with Crippen LogP contribution in [0.2, 0.25) is 0 Å². The molecule has 156 valence electrons. The zero-order chi connectivity index (χ0) is 21.7. The first kappa shape index (κ1) is 21.1. The predicted molar refractivity (Wildman–Crippen MR) is 111 cm³/mol. The van der Waals surface area contributed by atoms with Crippen molar-refractivity contribution in [1.29, 1.82) is 0 Å². The summed E-state index contributed by atoms with van der Waals surface area (Å²) in [5, 5.41) is 3.24. The second-order valence-corrected chi connectivity index (χ2v) is 8.27. The number of hydrogen-bond donors (Lipinski definition) is 1. The van der Waals surface area contributed by atoms with E-state index in [-0.39, 0.29) is 10.6 Å². The van der Waals surface area contributed by atoms with Gasteiger partial charge in [0.2, 0.25) is 0 Å². The Hall–Kier alpha value is -3.59. The molecule has 0 atom stereocenters. The highest BCUT2D eigenvalue weighted by molar-refractivity contribution is 7.90. The second kappa shape index (κ2) is 8.83. The lowest BCUT2D eigenvalue weighted by atomic mass is 10.2. The number of anilines is 1. The van der Waals surface area contributed by atoms with Crippen molar-refractivity contribution < 1.29 is 31.9 Å². The minimum atomic E-state index is -3.52. The van der Waals surface area contributed by atoms with Crippen molar-refractivity contribution in [3.05, 3.63) is 60.4 Å². The summed E-state index contributed by atoms with van der Waals surface area (Å²) in [4.78, 5) is 23.9. The summed E-state index contributed by atoms with van der Waals surface area (Å²) in [5.41, 5.74) is 0.671. The lowest BCUT2D eigenvalue weighted by molar-refractivity contribution is -0.142. The molecule has 0 fully saturated rings. The third-order valence-corrected chi connectivity index (χ3v) is 5.19. The van der Waals surface area contributed by atoms with Gasteiger partial charge in [0.15, 0.2) is 27.8 Å². The van der Waals surface area contributed by atoms with Gasteiger partial charge in [-0.05, 0) is 30.3 Å². The van der Waals surface area contributed by atoms with Gasteiger partial charge >= 0.3 is 5.97 Å². The topological polar surface area (TPSA) is 112 Å². The van der Waals surface area contributed by atoms with Crippen LogP contribution in [0.4, 0.5) is 5.69 Å². The Bertz CT molecular complexity index is 1230. The highest BCUT2D eigenvalue weighted by atomic mass is 32.2. The number of carbonyl (C=O) groups excluding carboxylic acids is 2. The van der Waals surface area contributed by atoms with Crippen LogP contribution in [-0.4, -0.2) is 40.3 Å². The molecule has 2 aromatic carbocycles. The number of amides is 1.